The van der Waals surface area contributed by atoms with Gasteiger partial charge in [-0.2, -0.15) is 4.98 Å². The van der Waals surface area contributed by atoms with Gasteiger partial charge in [0.25, 0.3) is 5.89 Å². The molecule has 2 aromatic heterocycles. The first-order valence-corrected chi connectivity index (χ1v) is 9.70. The highest BCUT2D eigenvalue weighted by molar-refractivity contribution is 5.94. The number of Topliss-reactive ketones (excluding diaryl/α,β-unsaturated/α-hetero) is 1. The molecule has 0 fully saturated rings. The number of aromatic nitrogens is 4. The molecular formula is C22H23N5O3. The number of hydrogen-bond acceptors (Lipinski definition) is 7. The zero-order valence-electron chi connectivity index (χ0n) is 17.3. The first kappa shape index (κ1) is 19.6. The average molecular weight is 405 g/mol. The number of ether oxygens (including phenoxy) is 1. The van der Waals surface area contributed by atoms with Gasteiger partial charge in [-0.15, -0.1) is 0 Å². The summed E-state index contributed by atoms with van der Waals surface area (Å²) < 4.78 is 11.0. The minimum absolute atomic E-state index is 0.0142. The molecule has 0 aliphatic rings. The third kappa shape index (κ3) is 4.03. The van der Waals surface area contributed by atoms with Crippen LogP contribution in [0.15, 0.2) is 47.0 Å². The van der Waals surface area contributed by atoms with Gasteiger partial charge in [0, 0.05) is 24.2 Å². The van der Waals surface area contributed by atoms with Gasteiger partial charge in [-0.1, -0.05) is 5.16 Å². The van der Waals surface area contributed by atoms with Gasteiger partial charge in [0.15, 0.2) is 12.4 Å². The first-order valence-electron chi connectivity index (χ1n) is 9.70. The van der Waals surface area contributed by atoms with Gasteiger partial charge in [0.2, 0.25) is 11.8 Å². The van der Waals surface area contributed by atoms with Crippen LogP contribution in [0.4, 0.5) is 5.95 Å². The van der Waals surface area contributed by atoms with E-state index in [1.165, 1.54) is 6.92 Å². The van der Waals surface area contributed by atoms with E-state index in [9.17, 15) is 4.79 Å². The lowest BCUT2D eigenvalue weighted by molar-refractivity contribution is 0.101. The van der Waals surface area contributed by atoms with Gasteiger partial charge < -0.3 is 19.1 Å². The molecule has 0 amide bonds. The van der Waals surface area contributed by atoms with Crippen molar-refractivity contribution < 1.29 is 14.1 Å². The smallest absolute Gasteiger partial charge is 0.264 e. The second-order valence-corrected chi connectivity index (χ2v) is 7.38. The van der Waals surface area contributed by atoms with E-state index in [-0.39, 0.29) is 12.4 Å². The molecule has 0 aliphatic carbocycles. The number of hydrogen-bond donors (Lipinski definition) is 1. The number of imidazole rings is 1. The van der Waals surface area contributed by atoms with E-state index in [4.69, 9.17) is 9.26 Å². The number of nitrogens with one attached hydrogen (secondary N) is 1. The van der Waals surface area contributed by atoms with E-state index in [0.717, 1.165) is 22.5 Å². The van der Waals surface area contributed by atoms with Crippen LogP contribution in [0.2, 0.25) is 0 Å². The number of rotatable bonds is 7. The van der Waals surface area contributed by atoms with Crippen LogP contribution in [0.3, 0.4) is 0 Å². The standard InChI is InChI=1S/C22H23N5O3/c1-13(2)27(4)22-23-18-10-7-16(11-19(18)24-22)21-25-20(30-26-21)12-29-17-8-5-15(6-9-17)14(3)28/h5-11,13H,12H2,1-4H3,(H,23,24). The van der Waals surface area contributed by atoms with Crippen LogP contribution in [0.25, 0.3) is 22.4 Å². The Bertz CT molecular complexity index is 1180. The number of ketones is 1. The summed E-state index contributed by atoms with van der Waals surface area (Å²) in [5, 5.41) is 4.06. The van der Waals surface area contributed by atoms with Crippen molar-refractivity contribution in [2.45, 2.75) is 33.4 Å². The van der Waals surface area contributed by atoms with Crippen molar-refractivity contribution in [3.63, 3.8) is 0 Å². The monoisotopic (exact) mass is 405 g/mol. The zero-order chi connectivity index (χ0) is 21.3. The minimum Gasteiger partial charge on any atom is -0.484 e. The third-order valence-corrected chi connectivity index (χ3v) is 4.93. The molecule has 0 unspecified atom stereocenters. The molecule has 2 heterocycles. The Morgan fingerprint density at radius 1 is 1.17 bits per heavy atom. The van der Waals surface area contributed by atoms with Crippen LogP contribution in [0.5, 0.6) is 5.75 Å². The summed E-state index contributed by atoms with van der Waals surface area (Å²) in [6.45, 7) is 5.89. The van der Waals surface area contributed by atoms with Gasteiger partial charge in [-0.25, -0.2) is 4.98 Å². The van der Waals surface area contributed by atoms with Crippen molar-refractivity contribution in [2.24, 2.45) is 0 Å². The van der Waals surface area contributed by atoms with Crippen molar-refractivity contribution in [1.29, 1.82) is 0 Å². The summed E-state index contributed by atoms with van der Waals surface area (Å²) in [6.07, 6.45) is 0. The van der Waals surface area contributed by atoms with Crippen molar-refractivity contribution >= 4 is 22.8 Å². The maximum Gasteiger partial charge on any atom is 0.264 e. The fraction of sp³-hybridized carbons (Fsp3) is 0.273. The molecule has 0 bridgehead atoms. The second kappa shape index (κ2) is 7.98. The average Bonchev–Trinajstić information content (AvgIpc) is 3.38. The number of benzene rings is 2. The number of carbonyl (C=O) groups is 1. The van der Waals surface area contributed by atoms with Crippen molar-refractivity contribution in [3.05, 3.63) is 53.9 Å². The van der Waals surface area contributed by atoms with Gasteiger partial charge >= 0.3 is 0 Å². The maximum atomic E-state index is 11.3. The largest absolute Gasteiger partial charge is 0.484 e. The van der Waals surface area contributed by atoms with E-state index in [2.05, 4.69) is 38.9 Å². The topological polar surface area (TPSA) is 97.1 Å². The number of aromatic amines is 1. The lowest BCUT2D eigenvalue weighted by Crippen LogP contribution is -2.26. The van der Waals surface area contributed by atoms with Crippen molar-refractivity contribution in [1.82, 2.24) is 20.1 Å². The van der Waals surface area contributed by atoms with E-state index in [0.29, 0.717) is 29.1 Å². The lowest BCUT2D eigenvalue weighted by atomic mass is 10.1. The quantitative estimate of drug-likeness (QED) is 0.459. The van der Waals surface area contributed by atoms with Crippen LogP contribution in [-0.4, -0.2) is 39.0 Å². The van der Waals surface area contributed by atoms with Gasteiger partial charge in [-0.05, 0) is 63.2 Å². The number of nitrogens with zero attached hydrogens (tertiary/aromatic N) is 4. The first-order chi connectivity index (χ1) is 14.4. The number of anilines is 1. The molecular weight excluding hydrogens is 382 g/mol. The Kier molecular flexibility index (Phi) is 5.22. The molecule has 0 saturated carbocycles. The van der Waals surface area contributed by atoms with Crippen LogP contribution in [0, 0.1) is 0 Å². The van der Waals surface area contributed by atoms with E-state index < -0.39 is 0 Å². The van der Waals surface area contributed by atoms with Gasteiger partial charge in [0.05, 0.1) is 11.0 Å². The molecule has 4 rings (SSSR count). The molecule has 154 valence electrons. The zero-order valence-corrected chi connectivity index (χ0v) is 17.3. The van der Waals surface area contributed by atoms with E-state index in [1.807, 2.05) is 25.2 Å². The summed E-state index contributed by atoms with van der Waals surface area (Å²) in [6, 6.07) is 13.1. The van der Waals surface area contributed by atoms with Crippen molar-refractivity contribution in [3.8, 4) is 17.1 Å². The molecule has 4 aromatic rings. The predicted molar refractivity (Wildman–Crippen MR) is 114 cm³/mol. The summed E-state index contributed by atoms with van der Waals surface area (Å²) in [4.78, 5) is 25.8. The molecule has 0 saturated heterocycles. The fourth-order valence-corrected chi connectivity index (χ4v) is 2.91. The highest BCUT2D eigenvalue weighted by Gasteiger charge is 2.14. The fourth-order valence-electron chi connectivity index (χ4n) is 2.91. The Hall–Kier alpha value is -3.68. The summed E-state index contributed by atoms with van der Waals surface area (Å²) in [5.74, 6) is 2.30. The Labute approximate surface area is 173 Å². The van der Waals surface area contributed by atoms with Crippen molar-refractivity contribution in [2.75, 3.05) is 11.9 Å². The molecule has 8 heteroatoms. The minimum atomic E-state index is 0.0142. The molecule has 2 aromatic carbocycles. The number of H-pyrrole nitrogens is 1. The van der Waals surface area contributed by atoms with E-state index in [1.54, 1.807) is 24.3 Å². The summed E-state index contributed by atoms with van der Waals surface area (Å²) in [7, 11) is 2.00. The lowest BCUT2D eigenvalue weighted by Gasteiger charge is -2.19. The number of carbonyl (C=O) groups excluding carboxylic acids is 1. The highest BCUT2D eigenvalue weighted by atomic mass is 16.5. The molecule has 30 heavy (non-hydrogen) atoms. The van der Waals surface area contributed by atoms with Crippen LogP contribution >= 0.6 is 0 Å². The van der Waals surface area contributed by atoms with Gasteiger partial charge in [0.1, 0.15) is 5.75 Å². The summed E-state index contributed by atoms with van der Waals surface area (Å²) in [5.41, 5.74) is 3.25. The van der Waals surface area contributed by atoms with Gasteiger partial charge in [-0.3, -0.25) is 4.79 Å². The van der Waals surface area contributed by atoms with Crippen LogP contribution < -0.4 is 9.64 Å². The Balaban J connectivity index is 1.47. The van der Waals surface area contributed by atoms with E-state index >= 15 is 0 Å². The Morgan fingerprint density at radius 3 is 2.63 bits per heavy atom. The maximum absolute atomic E-state index is 11.3. The molecule has 0 atom stereocenters. The van der Waals surface area contributed by atoms with Crippen LogP contribution in [0.1, 0.15) is 37.0 Å². The molecule has 1 N–H and O–H groups in total. The highest BCUT2D eigenvalue weighted by Crippen LogP contribution is 2.24. The predicted octanol–water partition coefficient (Wildman–Crippen LogP) is 4.24. The molecule has 0 aliphatic heterocycles. The second-order valence-electron chi connectivity index (χ2n) is 7.38. The Morgan fingerprint density at radius 2 is 1.93 bits per heavy atom. The molecule has 8 nitrogen and oxygen atoms in total. The molecule has 0 spiro atoms. The number of fused-ring (bicyclic) bond motifs is 1. The van der Waals surface area contributed by atoms with Crippen LogP contribution in [-0.2, 0) is 6.61 Å². The SMILES string of the molecule is CC(=O)c1ccc(OCc2nc(-c3ccc4nc(N(C)C(C)C)[nH]c4c3)no2)cc1. The molecule has 0 radical (unpaired) electrons. The third-order valence-electron chi connectivity index (χ3n) is 4.93. The normalized spacial score (nSPS) is 11.2. The summed E-state index contributed by atoms with van der Waals surface area (Å²) >= 11 is 0.